The van der Waals surface area contributed by atoms with Gasteiger partial charge in [-0.1, -0.05) is 19.1 Å². The fourth-order valence-corrected chi connectivity index (χ4v) is 2.49. The lowest BCUT2D eigenvalue weighted by molar-refractivity contribution is -0.141. The van der Waals surface area contributed by atoms with Crippen molar-refractivity contribution in [1.29, 1.82) is 0 Å². The molecule has 6 heteroatoms. The summed E-state index contributed by atoms with van der Waals surface area (Å²) in [6.45, 7) is 5.12. The number of hydrogen-bond donors (Lipinski definition) is 3. The second-order valence-corrected chi connectivity index (χ2v) is 5.93. The first-order valence-corrected chi connectivity index (χ1v) is 7.61. The van der Waals surface area contributed by atoms with Gasteiger partial charge in [-0.2, -0.15) is 0 Å². The first kappa shape index (κ1) is 17.5. The second kappa shape index (κ2) is 7.12. The Bertz CT molecular complexity index is 822. The summed E-state index contributed by atoms with van der Waals surface area (Å²) in [6, 6.07) is 8.66. The third-order valence-electron chi connectivity index (χ3n) is 3.77. The van der Waals surface area contributed by atoms with Crippen molar-refractivity contribution < 1.29 is 14.7 Å². The molecule has 0 bridgehead atoms. The molecule has 1 unspecified atom stereocenters. The number of H-pyrrole nitrogens is 1. The number of aliphatic carboxylic acids is 1. The highest BCUT2D eigenvalue weighted by Crippen LogP contribution is 2.15. The molecule has 0 fully saturated rings. The molecule has 2 rings (SSSR count). The Labute approximate surface area is 139 Å². The SMILES string of the molecule is Cc1cc(C)c(C(=O)Nc2ccc(CC(C)C(=O)O)cc2)c(=O)[nH]1. The maximum atomic E-state index is 12.3. The Hall–Kier alpha value is -2.89. The summed E-state index contributed by atoms with van der Waals surface area (Å²) in [5.74, 6) is -1.79. The van der Waals surface area contributed by atoms with E-state index in [1.807, 2.05) is 0 Å². The maximum Gasteiger partial charge on any atom is 0.306 e. The van der Waals surface area contributed by atoms with Gasteiger partial charge in [-0.05, 0) is 49.6 Å². The van der Waals surface area contributed by atoms with Crippen molar-refractivity contribution in [1.82, 2.24) is 4.98 Å². The average Bonchev–Trinajstić information content (AvgIpc) is 2.48. The van der Waals surface area contributed by atoms with Crippen molar-refractivity contribution in [2.45, 2.75) is 27.2 Å². The van der Waals surface area contributed by atoms with Crippen LogP contribution >= 0.6 is 0 Å². The monoisotopic (exact) mass is 328 g/mol. The quantitative estimate of drug-likeness (QED) is 0.785. The zero-order chi connectivity index (χ0) is 17.9. The molecule has 0 radical (unpaired) electrons. The zero-order valence-corrected chi connectivity index (χ0v) is 13.8. The highest BCUT2D eigenvalue weighted by Gasteiger charge is 2.15. The Morgan fingerprint density at radius 3 is 2.38 bits per heavy atom. The van der Waals surface area contributed by atoms with Gasteiger partial charge in [0.05, 0.1) is 5.92 Å². The average molecular weight is 328 g/mol. The molecule has 1 heterocycles. The highest BCUT2D eigenvalue weighted by atomic mass is 16.4. The number of carbonyl (C=O) groups is 2. The van der Waals surface area contributed by atoms with Crippen molar-refractivity contribution >= 4 is 17.6 Å². The van der Waals surface area contributed by atoms with Crippen molar-refractivity contribution in [3.63, 3.8) is 0 Å². The molecule has 0 saturated carbocycles. The van der Waals surface area contributed by atoms with Gasteiger partial charge >= 0.3 is 5.97 Å². The van der Waals surface area contributed by atoms with E-state index in [1.165, 1.54) is 0 Å². The molecule has 0 saturated heterocycles. The van der Waals surface area contributed by atoms with E-state index in [9.17, 15) is 14.4 Å². The van der Waals surface area contributed by atoms with Gasteiger partial charge in [0.2, 0.25) is 0 Å². The number of amides is 1. The van der Waals surface area contributed by atoms with Gasteiger partial charge in [0.15, 0.2) is 0 Å². The molecule has 1 aromatic heterocycles. The number of carboxylic acid groups (broad SMARTS) is 1. The van der Waals surface area contributed by atoms with E-state index in [0.29, 0.717) is 23.4 Å². The largest absolute Gasteiger partial charge is 0.481 e. The molecule has 1 amide bonds. The predicted octanol–water partition coefficient (Wildman–Crippen LogP) is 2.51. The van der Waals surface area contributed by atoms with Crippen molar-refractivity contribution in [2.24, 2.45) is 5.92 Å². The summed E-state index contributed by atoms with van der Waals surface area (Å²) in [7, 11) is 0. The normalized spacial score (nSPS) is 11.8. The summed E-state index contributed by atoms with van der Waals surface area (Å²) < 4.78 is 0. The number of aromatic amines is 1. The fraction of sp³-hybridized carbons (Fsp3) is 0.278. The molecule has 6 nitrogen and oxygen atoms in total. The lowest BCUT2D eigenvalue weighted by Crippen LogP contribution is -2.25. The molecule has 0 aliphatic carbocycles. The van der Waals surface area contributed by atoms with Gasteiger partial charge in [-0.25, -0.2) is 0 Å². The van der Waals surface area contributed by atoms with E-state index in [2.05, 4.69) is 10.3 Å². The third kappa shape index (κ3) is 4.10. The van der Waals surface area contributed by atoms with Gasteiger partial charge in [0.25, 0.3) is 11.5 Å². The topological polar surface area (TPSA) is 99.3 Å². The number of anilines is 1. The van der Waals surface area contributed by atoms with Crippen molar-refractivity contribution in [3.8, 4) is 0 Å². The van der Waals surface area contributed by atoms with Crippen LogP contribution in [0.3, 0.4) is 0 Å². The van der Waals surface area contributed by atoms with Gasteiger partial charge in [0, 0.05) is 11.4 Å². The molecule has 1 atom stereocenters. The number of aryl methyl sites for hydroxylation is 2. The predicted molar refractivity (Wildman–Crippen MR) is 91.4 cm³/mol. The second-order valence-electron chi connectivity index (χ2n) is 5.93. The Kier molecular flexibility index (Phi) is 5.18. The maximum absolute atomic E-state index is 12.3. The minimum atomic E-state index is -0.846. The van der Waals surface area contributed by atoms with E-state index >= 15 is 0 Å². The molecule has 0 aliphatic heterocycles. The Balaban J connectivity index is 2.13. The fourth-order valence-electron chi connectivity index (χ4n) is 2.49. The Morgan fingerprint density at radius 1 is 1.21 bits per heavy atom. The van der Waals surface area contributed by atoms with Crippen LogP contribution in [0.2, 0.25) is 0 Å². The molecule has 24 heavy (non-hydrogen) atoms. The van der Waals surface area contributed by atoms with E-state index in [-0.39, 0.29) is 5.56 Å². The van der Waals surface area contributed by atoms with Crippen LogP contribution in [-0.2, 0) is 11.2 Å². The highest BCUT2D eigenvalue weighted by molar-refractivity contribution is 6.05. The van der Waals surface area contributed by atoms with E-state index in [0.717, 1.165) is 5.56 Å². The van der Waals surface area contributed by atoms with Crippen LogP contribution in [0, 0.1) is 19.8 Å². The smallest absolute Gasteiger partial charge is 0.306 e. The van der Waals surface area contributed by atoms with Crippen LogP contribution in [0.25, 0.3) is 0 Å². The van der Waals surface area contributed by atoms with Crippen LogP contribution in [0.15, 0.2) is 35.1 Å². The Morgan fingerprint density at radius 2 is 1.83 bits per heavy atom. The zero-order valence-electron chi connectivity index (χ0n) is 13.8. The lowest BCUT2D eigenvalue weighted by atomic mass is 10.0. The van der Waals surface area contributed by atoms with Crippen molar-refractivity contribution in [3.05, 3.63) is 63.1 Å². The molecule has 1 aromatic carbocycles. The number of carboxylic acids is 1. The molecule has 3 N–H and O–H groups in total. The number of rotatable bonds is 5. The van der Waals surface area contributed by atoms with Gasteiger partial charge < -0.3 is 15.4 Å². The summed E-state index contributed by atoms with van der Waals surface area (Å²) in [4.78, 5) is 37.8. The summed E-state index contributed by atoms with van der Waals surface area (Å²) in [5, 5.41) is 11.6. The third-order valence-corrected chi connectivity index (χ3v) is 3.77. The number of hydrogen-bond acceptors (Lipinski definition) is 3. The van der Waals surface area contributed by atoms with Crippen LogP contribution in [0.5, 0.6) is 0 Å². The minimum absolute atomic E-state index is 0.0872. The molecule has 0 spiro atoms. The van der Waals surface area contributed by atoms with E-state index in [4.69, 9.17) is 5.11 Å². The summed E-state index contributed by atoms with van der Waals surface area (Å²) >= 11 is 0. The number of aromatic nitrogens is 1. The van der Waals surface area contributed by atoms with Gasteiger partial charge in [-0.15, -0.1) is 0 Å². The lowest BCUT2D eigenvalue weighted by Gasteiger charge is -2.09. The number of benzene rings is 1. The van der Waals surface area contributed by atoms with Crippen LogP contribution in [-0.4, -0.2) is 22.0 Å². The number of pyridine rings is 1. The first-order chi connectivity index (χ1) is 11.3. The van der Waals surface area contributed by atoms with Crippen LogP contribution in [0.4, 0.5) is 5.69 Å². The molecule has 2 aromatic rings. The summed E-state index contributed by atoms with van der Waals surface area (Å²) in [6.07, 6.45) is 0.417. The van der Waals surface area contributed by atoms with Crippen LogP contribution < -0.4 is 10.9 Å². The molecular formula is C18H20N2O4. The minimum Gasteiger partial charge on any atom is -0.481 e. The first-order valence-electron chi connectivity index (χ1n) is 7.61. The van der Waals surface area contributed by atoms with E-state index in [1.54, 1.807) is 51.1 Å². The number of nitrogens with one attached hydrogen (secondary N) is 2. The molecule has 126 valence electrons. The number of carbonyl (C=O) groups excluding carboxylic acids is 1. The summed E-state index contributed by atoms with van der Waals surface area (Å²) in [5.41, 5.74) is 2.39. The molecular weight excluding hydrogens is 308 g/mol. The van der Waals surface area contributed by atoms with Crippen LogP contribution in [0.1, 0.15) is 34.1 Å². The van der Waals surface area contributed by atoms with E-state index < -0.39 is 23.4 Å². The van der Waals surface area contributed by atoms with Gasteiger partial charge in [0.1, 0.15) is 5.56 Å². The van der Waals surface area contributed by atoms with Gasteiger partial charge in [-0.3, -0.25) is 14.4 Å². The standard InChI is InChI=1S/C18H20N2O4/c1-10-8-12(3)19-16(21)15(10)17(22)20-14-6-4-13(5-7-14)9-11(2)18(23)24/h4-8,11H,9H2,1-3H3,(H,19,21)(H,20,22)(H,23,24). The van der Waals surface area contributed by atoms with Crippen molar-refractivity contribution in [2.75, 3.05) is 5.32 Å². The molecule has 0 aliphatic rings.